The number of hydrazone groups is 1. The summed E-state index contributed by atoms with van der Waals surface area (Å²) in [7, 11) is 0. The number of hydrogen-bond donors (Lipinski definition) is 3. The number of aromatic nitrogens is 2. The van der Waals surface area contributed by atoms with Crippen LogP contribution in [-0.2, 0) is 0 Å². The summed E-state index contributed by atoms with van der Waals surface area (Å²) in [6, 6.07) is 11.9. The van der Waals surface area contributed by atoms with E-state index in [4.69, 9.17) is 9.47 Å². The van der Waals surface area contributed by atoms with Crippen molar-refractivity contribution in [1.29, 1.82) is 0 Å². The predicted molar refractivity (Wildman–Crippen MR) is 101 cm³/mol. The maximum atomic E-state index is 12.2. The second-order valence-electron chi connectivity index (χ2n) is 5.64. The number of fused-ring (bicyclic) bond motifs is 1. The quantitative estimate of drug-likeness (QED) is 0.437. The highest BCUT2D eigenvalue weighted by Crippen LogP contribution is 2.35. The smallest absolute Gasteiger partial charge is 0.289 e. The number of ether oxygens (including phenoxy) is 2. The third-order valence-corrected chi connectivity index (χ3v) is 4.34. The van der Waals surface area contributed by atoms with Crippen molar-refractivity contribution in [2.75, 3.05) is 6.79 Å². The van der Waals surface area contributed by atoms with Crippen LogP contribution >= 0.6 is 15.9 Å². The molecule has 0 fully saturated rings. The number of nitrogens with zero attached hydrogens (tertiary/aromatic N) is 2. The third kappa shape index (κ3) is 3.63. The van der Waals surface area contributed by atoms with Gasteiger partial charge in [-0.15, -0.1) is 0 Å². The van der Waals surface area contributed by atoms with Crippen molar-refractivity contribution in [1.82, 2.24) is 15.6 Å². The van der Waals surface area contributed by atoms with Gasteiger partial charge in [0.2, 0.25) is 6.79 Å². The molecule has 1 aliphatic rings. The monoisotopic (exact) mass is 428 g/mol. The van der Waals surface area contributed by atoms with Crippen LogP contribution < -0.4 is 14.9 Å². The van der Waals surface area contributed by atoms with E-state index in [0.29, 0.717) is 22.8 Å². The summed E-state index contributed by atoms with van der Waals surface area (Å²) >= 11 is 3.31. The fourth-order valence-corrected chi connectivity index (χ4v) is 2.87. The highest BCUT2D eigenvalue weighted by atomic mass is 79.9. The number of hydrogen-bond acceptors (Lipinski definition) is 6. The first-order valence-corrected chi connectivity index (χ1v) is 8.67. The number of aromatic amines is 1. The van der Waals surface area contributed by atoms with Crippen molar-refractivity contribution in [3.05, 3.63) is 58.2 Å². The Labute approximate surface area is 161 Å². The number of rotatable bonds is 4. The molecule has 3 N–H and O–H groups in total. The molecular formula is C18H13BrN4O4. The Bertz CT molecular complexity index is 1050. The maximum absolute atomic E-state index is 12.2. The molecule has 0 atom stereocenters. The number of nitrogens with one attached hydrogen (secondary N) is 2. The van der Waals surface area contributed by atoms with E-state index < -0.39 is 5.91 Å². The maximum Gasteiger partial charge on any atom is 0.289 e. The van der Waals surface area contributed by atoms with E-state index in [1.54, 1.807) is 30.3 Å². The molecule has 1 aromatic heterocycles. The lowest BCUT2D eigenvalue weighted by Crippen LogP contribution is -2.18. The minimum absolute atomic E-state index is 0.0582. The Balaban J connectivity index is 1.46. The van der Waals surface area contributed by atoms with Gasteiger partial charge in [-0.3, -0.25) is 9.89 Å². The van der Waals surface area contributed by atoms with Gasteiger partial charge in [-0.25, -0.2) is 5.43 Å². The number of carbonyl (C=O) groups excluding carboxylic acids is 1. The molecule has 0 radical (unpaired) electrons. The first-order chi connectivity index (χ1) is 13.1. The molecule has 9 heteroatoms. The minimum Gasteiger partial charge on any atom is -0.507 e. The van der Waals surface area contributed by atoms with E-state index >= 15 is 0 Å². The second kappa shape index (κ2) is 7.12. The molecular weight excluding hydrogens is 416 g/mol. The molecule has 0 unspecified atom stereocenters. The molecule has 0 saturated carbocycles. The summed E-state index contributed by atoms with van der Waals surface area (Å²) in [6.45, 7) is 0.193. The molecule has 0 saturated heterocycles. The van der Waals surface area contributed by atoms with Gasteiger partial charge >= 0.3 is 0 Å². The Hall–Kier alpha value is -3.33. The van der Waals surface area contributed by atoms with E-state index in [2.05, 4.69) is 36.7 Å². The van der Waals surface area contributed by atoms with Crippen molar-refractivity contribution in [2.45, 2.75) is 0 Å². The molecule has 27 heavy (non-hydrogen) atoms. The van der Waals surface area contributed by atoms with Crippen molar-refractivity contribution in [3.63, 3.8) is 0 Å². The molecule has 136 valence electrons. The number of carbonyl (C=O) groups is 1. The summed E-state index contributed by atoms with van der Waals surface area (Å²) in [5, 5.41) is 20.4. The topological polar surface area (TPSA) is 109 Å². The normalized spacial score (nSPS) is 12.5. The van der Waals surface area contributed by atoms with Gasteiger partial charge in [-0.2, -0.15) is 10.2 Å². The van der Waals surface area contributed by atoms with Crippen LogP contribution in [0.1, 0.15) is 16.1 Å². The average Bonchev–Trinajstić information content (AvgIpc) is 3.33. The van der Waals surface area contributed by atoms with E-state index in [1.807, 2.05) is 6.07 Å². The van der Waals surface area contributed by atoms with Gasteiger partial charge < -0.3 is 14.6 Å². The zero-order valence-corrected chi connectivity index (χ0v) is 15.4. The number of halogens is 1. The first kappa shape index (κ1) is 17.1. The van der Waals surface area contributed by atoms with Crippen LogP contribution in [0.25, 0.3) is 11.3 Å². The van der Waals surface area contributed by atoms with E-state index in [1.165, 1.54) is 12.3 Å². The summed E-state index contributed by atoms with van der Waals surface area (Å²) in [5.74, 6) is 0.917. The van der Waals surface area contributed by atoms with Gasteiger partial charge in [-0.05, 0) is 42.5 Å². The van der Waals surface area contributed by atoms with Crippen molar-refractivity contribution in [2.24, 2.45) is 5.10 Å². The molecule has 0 aliphatic carbocycles. The first-order valence-electron chi connectivity index (χ1n) is 7.87. The molecule has 4 rings (SSSR count). The van der Waals surface area contributed by atoms with Crippen molar-refractivity contribution >= 4 is 28.1 Å². The number of phenolic OH excluding ortho intramolecular Hbond substituents is 1. The van der Waals surface area contributed by atoms with Crippen LogP contribution in [0.4, 0.5) is 0 Å². The lowest BCUT2D eigenvalue weighted by molar-refractivity contribution is 0.0950. The molecule has 3 aromatic rings. The lowest BCUT2D eigenvalue weighted by Gasteiger charge is -2.00. The summed E-state index contributed by atoms with van der Waals surface area (Å²) in [4.78, 5) is 12.2. The lowest BCUT2D eigenvalue weighted by atomic mass is 10.1. The van der Waals surface area contributed by atoms with Crippen LogP contribution in [0.2, 0.25) is 0 Å². The van der Waals surface area contributed by atoms with E-state index in [9.17, 15) is 9.90 Å². The summed E-state index contributed by atoms with van der Waals surface area (Å²) < 4.78 is 11.4. The highest BCUT2D eigenvalue weighted by molar-refractivity contribution is 9.10. The van der Waals surface area contributed by atoms with Crippen LogP contribution in [0.3, 0.4) is 0 Å². The fraction of sp³-hybridized carbons (Fsp3) is 0.0556. The summed E-state index contributed by atoms with van der Waals surface area (Å²) in [6.07, 6.45) is 1.35. The van der Waals surface area contributed by atoms with Crippen molar-refractivity contribution < 1.29 is 19.4 Å². The van der Waals surface area contributed by atoms with E-state index in [0.717, 1.165) is 10.0 Å². The van der Waals surface area contributed by atoms with Gasteiger partial charge in [0.15, 0.2) is 11.5 Å². The number of benzene rings is 2. The second-order valence-corrected chi connectivity index (χ2v) is 6.55. The molecule has 0 bridgehead atoms. The average molecular weight is 429 g/mol. The standard InChI is InChI=1S/C18H13BrN4O4/c19-12-2-3-15(24)11(5-12)8-20-23-18(25)14-7-13(21-22-14)10-1-4-16-17(6-10)27-9-26-16/h1-8,24H,9H2,(H,21,22)(H,23,25). The Morgan fingerprint density at radius 2 is 2.07 bits per heavy atom. The molecule has 8 nitrogen and oxygen atoms in total. The van der Waals surface area contributed by atoms with Crippen LogP contribution in [0.5, 0.6) is 17.2 Å². The van der Waals surface area contributed by atoms with Crippen LogP contribution in [0, 0.1) is 0 Å². The molecule has 1 amide bonds. The van der Waals surface area contributed by atoms with Gasteiger partial charge in [0.1, 0.15) is 11.4 Å². The fourth-order valence-electron chi connectivity index (χ4n) is 2.49. The Morgan fingerprint density at radius 1 is 1.22 bits per heavy atom. The van der Waals surface area contributed by atoms with E-state index in [-0.39, 0.29) is 18.2 Å². The predicted octanol–water partition coefficient (Wildman–Crippen LogP) is 3.04. The van der Waals surface area contributed by atoms with Gasteiger partial charge in [-0.1, -0.05) is 15.9 Å². The SMILES string of the molecule is O=C(NN=Cc1cc(Br)ccc1O)c1cc(-c2ccc3c(c2)OCO3)n[nH]1. The number of phenols is 1. The largest absolute Gasteiger partial charge is 0.507 e. The zero-order valence-electron chi connectivity index (χ0n) is 13.8. The summed E-state index contributed by atoms with van der Waals surface area (Å²) in [5.41, 5.74) is 4.48. The number of aromatic hydroxyl groups is 1. The van der Waals surface area contributed by atoms with Gasteiger partial charge in [0.05, 0.1) is 11.9 Å². The Kier molecular flexibility index (Phi) is 4.51. The van der Waals surface area contributed by atoms with Gasteiger partial charge in [0.25, 0.3) is 5.91 Å². The highest BCUT2D eigenvalue weighted by Gasteiger charge is 2.16. The molecule has 2 heterocycles. The van der Waals surface area contributed by atoms with Crippen LogP contribution in [-0.4, -0.2) is 34.2 Å². The number of H-pyrrole nitrogens is 1. The van der Waals surface area contributed by atoms with Crippen LogP contribution in [0.15, 0.2) is 52.0 Å². The van der Waals surface area contributed by atoms with Crippen molar-refractivity contribution in [3.8, 4) is 28.5 Å². The number of amides is 1. The Morgan fingerprint density at radius 3 is 2.96 bits per heavy atom. The molecule has 2 aromatic carbocycles. The van der Waals surface area contributed by atoms with Gasteiger partial charge in [0, 0.05) is 15.6 Å². The zero-order chi connectivity index (χ0) is 18.8. The minimum atomic E-state index is -0.458. The molecule has 1 aliphatic heterocycles. The molecule has 0 spiro atoms. The third-order valence-electron chi connectivity index (χ3n) is 3.85.